The minimum Gasteiger partial charge on any atom is -0.378 e. The summed E-state index contributed by atoms with van der Waals surface area (Å²) in [6.45, 7) is 2.70. The molecule has 7 nitrogen and oxygen atoms in total. The molecule has 0 spiro atoms. The summed E-state index contributed by atoms with van der Waals surface area (Å²) in [6.07, 6.45) is -3.20. The minimum atomic E-state index is -4.54. The molecule has 1 saturated heterocycles. The number of pyridine rings is 1. The van der Waals surface area contributed by atoms with E-state index in [-0.39, 0.29) is 5.70 Å². The van der Waals surface area contributed by atoms with Crippen molar-refractivity contribution in [3.8, 4) is 0 Å². The van der Waals surface area contributed by atoms with Gasteiger partial charge < -0.3 is 19.9 Å². The summed E-state index contributed by atoms with van der Waals surface area (Å²) in [4.78, 5) is 13.2. The molecular weight excluding hydrogens is 349 g/mol. The van der Waals surface area contributed by atoms with Crippen LogP contribution in [-0.2, 0) is 4.74 Å². The Balaban J connectivity index is 1.77. The van der Waals surface area contributed by atoms with Gasteiger partial charge >= 0.3 is 6.18 Å². The maximum absolute atomic E-state index is 13.3. The molecule has 138 valence electrons. The number of rotatable bonds is 2. The van der Waals surface area contributed by atoms with Gasteiger partial charge in [-0.15, -0.1) is 0 Å². The van der Waals surface area contributed by atoms with Crippen LogP contribution in [0.25, 0.3) is 16.7 Å². The van der Waals surface area contributed by atoms with E-state index in [1.54, 1.807) is 12.1 Å². The molecule has 4 N–H and O–H groups in total. The van der Waals surface area contributed by atoms with Gasteiger partial charge in [0.05, 0.1) is 24.5 Å². The lowest BCUT2D eigenvalue weighted by atomic mass is 10.1. The van der Waals surface area contributed by atoms with E-state index in [9.17, 15) is 13.2 Å². The lowest BCUT2D eigenvalue weighted by Gasteiger charge is -2.27. The van der Waals surface area contributed by atoms with Crippen LogP contribution in [0.1, 0.15) is 5.56 Å². The molecule has 4 heterocycles. The van der Waals surface area contributed by atoms with Crippen molar-refractivity contribution in [2.24, 2.45) is 10.7 Å². The summed E-state index contributed by atoms with van der Waals surface area (Å²) < 4.78 is 45.4. The van der Waals surface area contributed by atoms with E-state index in [4.69, 9.17) is 10.5 Å². The SMILES string of the molecule is NC1N=CC(C(F)(F)F)=C(c2c[nH]c3nc(N4CCOCC4)ccc23)N1. The Morgan fingerprint density at radius 1 is 1.23 bits per heavy atom. The molecule has 0 amide bonds. The van der Waals surface area contributed by atoms with E-state index >= 15 is 0 Å². The van der Waals surface area contributed by atoms with Gasteiger partial charge in [0.1, 0.15) is 11.5 Å². The first-order valence-electron chi connectivity index (χ1n) is 8.11. The number of fused-ring (bicyclic) bond motifs is 1. The number of nitrogens with zero attached hydrogens (tertiary/aromatic N) is 3. The molecule has 2 aliphatic heterocycles. The predicted octanol–water partition coefficient (Wildman–Crippen LogP) is 1.59. The number of nitrogens with one attached hydrogen (secondary N) is 2. The summed E-state index contributed by atoms with van der Waals surface area (Å²) in [5.74, 6) is 0.758. The van der Waals surface area contributed by atoms with E-state index in [0.717, 1.165) is 25.1 Å². The number of halogens is 3. The summed E-state index contributed by atoms with van der Waals surface area (Å²) >= 11 is 0. The number of ether oxygens (including phenoxy) is 1. The number of aromatic amines is 1. The van der Waals surface area contributed by atoms with Gasteiger partial charge in [-0.05, 0) is 12.1 Å². The van der Waals surface area contributed by atoms with Crippen molar-refractivity contribution in [1.82, 2.24) is 15.3 Å². The predicted molar refractivity (Wildman–Crippen MR) is 91.7 cm³/mol. The standard InChI is InChI=1S/C16H17F3N6O/c17-16(18,19)11-8-22-15(20)24-13(11)10-7-21-14-9(10)1-2-12(23-14)25-3-5-26-6-4-25/h1-2,7-8,15,24H,3-6,20H2,(H,21,23). The number of hydrogen-bond donors (Lipinski definition) is 3. The first-order valence-corrected chi connectivity index (χ1v) is 8.11. The molecule has 2 aromatic rings. The quantitative estimate of drug-likeness (QED) is 0.751. The van der Waals surface area contributed by atoms with Crippen LogP contribution >= 0.6 is 0 Å². The zero-order chi connectivity index (χ0) is 18.3. The van der Waals surface area contributed by atoms with E-state index in [1.807, 2.05) is 0 Å². The first kappa shape index (κ1) is 16.9. The topological polar surface area (TPSA) is 91.6 Å². The monoisotopic (exact) mass is 366 g/mol. The van der Waals surface area contributed by atoms with Crippen LogP contribution in [0, 0.1) is 0 Å². The fourth-order valence-electron chi connectivity index (χ4n) is 3.09. The van der Waals surface area contributed by atoms with Crippen LogP contribution in [0.15, 0.2) is 28.9 Å². The van der Waals surface area contributed by atoms with Gasteiger partial charge in [0.2, 0.25) is 0 Å². The van der Waals surface area contributed by atoms with Crippen LogP contribution in [0.3, 0.4) is 0 Å². The van der Waals surface area contributed by atoms with E-state index < -0.39 is 18.0 Å². The zero-order valence-corrected chi connectivity index (χ0v) is 13.7. The van der Waals surface area contributed by atoms with E-state index in [0.29, 0.717) is 29.8 Å². The molecule has 1 fully saturated rings. The van der Waals surface area contributed by atoms with Crippen LogP contribution < -0.4 is 16.0 Å². The maximum Gasteiger partial charge on any atom is 0.419 e. The Bertz CT molecular complexity index is 882. The largest absolute Gasteiger partial charge is 0.419 e. The third kappa shape index (κ3) is 3.01. The molecule has 4 rings (SSSR count). The number of aromatic nitrogens is 2. The summed E-state index contributed by atoms with van der Waals surface area (Å²) in [6, 6.07) is 3.56. The van der Waals surface area contributed by atoms with Gasteiger partial charge in [-0.3, -0.25) is 10.7 Å². The second-order valence-corrected chi connectivity index (χ2v) is 6.02. The van der Waals surface area contributed by atoms with Gasteiger partial charge in [-0.25, -0.2) is 4.98 Å². The summed E-state index contributed by atoms with van der Waals surface area (Å²) in [5, 5.41) is 3.19. The Hall–Kier alpha value is -2.59. The maximum atomic E-state index is 13.3. The highest BCUT2D eigenvalue weighted by Crippen LogP contribution is 2.34. The van der Waals surface area contributed by atoms with Gasteiger partial charge in [-0.1, -0.05) is 0 Å². The third-order valence-corrected chi connectivity index (χ3v) is 4.36. The number of anilines is 1. The lowest BCUT2D eigenvalue weighted by molar-refractivity contribution is -0.0855. The number of aliphatic imine (C=N–C) groups is 1. The molecule has 0 radical (unpaired) electrons. The highest BCUT2D eigenvalue weighted by Gasteiger charge is 2.38. The number of H-pyrrole nitrogens is 1. The van der Waals surface area contributed by atoms with Crippen molar-refractivity contribution in [2.45, 2.75) is 12.5 Å². The molecule has 0 saturated carbocycles. The Morgan fingerprint density at radius 2 is 2.00 bits per heavy atom. The van der Waals surface area contributed by atoms with Gasteiger partial charge in [0.25, 0.3) is 0 Å². The van der Waals surface area contributed by atoms with Gasteiger partial charge in [0.15, 0.2) is 6.29 Å². The average molecular weight is 366 g/mol. The molecule has 0 aliphatic carbocycles. The lowest BCUT2D eigenvalue weighted by Crippen LogP contribution is -2.39. The number of morpholine rings is 1. The van der Waals surface area contributed by atoms with Crippen molar-refractivity contribution in [3.05, 3.63) is 29.5 Å². The van der Waals surface area contributed by atoms with E-state index in [1.165, 1.54) is 6.20 Å². The molecule has 0 aromatic carbocycles. The Morgan fingerprint density at radius 3 is 2.73 bits per heavy atom. The van der Waals surface area contributed by atoms with Crippen LogP contribution in [0.2, 0.25) is 0 Å². The summed E-state index contributed by atoms with van der Waals surface area (Å²) in [5.41, 5.74) is 5.55. The first-order chi connectivity index (χ1) is 12.4. The van der Waals surface area contributed by atoms with Crippen molar-refractivity contribution in [2.75, 3.05) is 31.2 Å². The Labute approximate surface area is 146 Å². The van der Waals surface area contributed by atoms with Crippen LogP contribution in [-0.4, -0.2) is 55.0 Å². The van der Waals surface area contributed by atoms with Crippen molar-refractivity contribution < 1.29 is 17.9 Å². The Kier molecular flexibility index (Phi) is 4.08. The molecule has 2 aliphatic rings. The minimum absolute atomic E-state index is 0.104. The smallest absolute Gasteiger partial charge is 0.378 e. The molecule has 0 bridgehead atoms. The molecule has 1 unspecified atom stereocenters. The molecular formula is C16H17F3N6O. The zero-order valence-electron chi connectivity index (χ0n) is 13.7. The van der Waals surface area contributed by atoms with E-state index in [2.05, 4.69) is 25.2 Å². The average Bonchev–Trinajstić information content (AvgIpc) is 3.04. The summed E-state index contributed by atoms with van der Waals surface area (Å²) in [7, 11) is 0. The van der Waals surface area contributed by atoms with Crippen molar-refractivity contribution in [1.29, 1.82) is 0 Å². The van der Waals surface area contributed by atoms with Gasteiger partial charge in [0, 0.05) is 36.5 Å². The molecule has 26 heavy (non-hydrogen) atoms. The normalized spacial score (nSPS) is 21.4. The molecule has 1 atom stereocenters. The second kappa shape index (κ2) is 6.29. The van der Waals surface area contributed by atoms with Crippen LogP contribution in [0.5, 0.6) is 0 Å². The highest BCUT2D eigenvalue weighted by atomic mass is 19.4. The number of hydrogen-bond acceptors (Lipinski definition) is 6. The fourth-order valence-corrected chi connectivity index (χ4v) is 3.09. The van der Waals surface area contributed by atoms with Gasteiger partial charge in [-0.2, -0.15) is 13.2 Å². The molecule has 10 heteroatoms. The third-order valence-electron chi connectivity index (χ3n) is 4.36. The fraction of sp³-hybridized carbons (Fsp3) is 0.375. The van der Waals surface area contributed by atoms with Crippen molar-refractivity contribution in [3.63, 3.8) is 0 Å². The number of allylic oxidation sites excluding steroid dienone is 1. The number of alkyl halides is 3. The number of nitrogens with two attached hydrogens (primary N) is 1. The second-order valence-electron chi connectivity index (χ2n) is 6.02. The van der Waals surface area contributed by atoms with Crippen molar-refractivity contribution >= 4 is 28.8 Å². The highest BCUT2D eigenvalue weighted by molar-refractivity contribution is 5.99. The molecule has 2 aromatic heterocycles. The van der Waals surface area contributed by atoms with Crippen LogP contribution in [0.4, 0.5) is 19.0 Å².